The number of allylic oxidation sites excluding steroid dienone is 1. The molecule has 8 nitrogen and oxygen atoms in total. The fourth-order valence-corrected chi connectivity index (χ4v) is 5.34. The van der Waals surface area contributed by atoms with Gasteiger partial charge in [0, 0.05) is 5.56 Å². The average Bonchev–Trinajstić information content (AvgIpc) is 3.22. The van der Waals surface area contributed by atoms with Crippen LogP contribution in [0.25, 0.3) is 6.08 Å². The predicted octanol–water partition coefficient (Wildman–Crippen LogP) is 3.60. The molecule has 0 spiro atoms. The van der Waals surface area contributed by atoms with E-state index in [-0.39, 0.29) is 12.2 Å². The lowest BCUT2D eigenvalue weighted by Gasteiger charge is -2.27. The van der Waals surface area contributed by atoms with Crippen LogP contribution in [0.1, 0.15) is 43.9 Å². The summed E-state index contributed by atoms with van der Waals surface area (Å²) in [5.41, 5.74) is 2.14. The first-order chi connectivity index (χ1) is 17.9. The van der Waals surface area contributed by atoms with E-state index in [1.165, 1.54) is 11.3 Å². The van der Waals surface area contributed by atoms with Crippen molar-refractivity contribution in [3.8, 4) is 17.2 Å². The first-order valence-electron chi connectivity index (χ1n) is 12.0. The van der Waals surface area contributed by atoms with Crippen LogP contribution in [0.4, 0.5) is 0 Å². The van der Waals surface area contributed by atoms with Gasteiger partial charge in [-0.3, -0.25) is 9.36 Å². The van der Waals surface area contributed by atoms with Crippen molar-refractivity contribution < 1.29 is 23.7 Å². The van der Waals surface area contributed by atoms with E-state index in [0.717, 1.165) is 17.7 Å². The molecule has 0 bridgehead atoms. The smallest absolute Gasteiger partial charge is 0.338 e. The summed E-state index contributed by atoms with van der Waals surface area (Å²) in [5.74, 6) is 1.32. The van der Waals surface area contributed by atoms with Crippen LogP contribution in [0.15, 0.2) is 63.5 Å². The number of esters is 1. The van der Waals surface area contributed by atoms with E-state index >= 15 is 0 Å². The minimum Gasteiger partial charge on any atom is -0.497 e. The maximum atomic E-state index is 13.9. The number of nitrogens with zero attached hydrogens (tertiary/aromatic N) is 2. The van der Waals surface area contributed by atoms with Gasteiger partial charge in [0.2, 0.25) is 0 Å². The number of hydrogen-bond donors (Lipinski definition) is 0. The number of ether oxygens (including phenoxy) is 4. The summed E-state index contributed by atoms with van der Waals surface area (Å²) in [7, 11) is 4.73. The van der Waals surface area contributed by atoms with Gasteiger partial charge in [0.1, 0.15) is 23.3 Å². The average molecular weight is 523 g/mol. The van der Waals surface area contributed by atoms with E-state index in [9.17, 15) is 9.59 Å². The lowest BCUT2D eigenvalue weighted by molar-refractivity contribution is -0.139. The third kappa shape index (κ3) is 5.17. The largest absolute Gasteiger partial charge is 0.497 e. The first kappa shape index (κ1) is 26.2. The van der Waals surface area contributed by atoms with Gasteiger partial charge < -0.3 is 18.9 Å². The molecular formula is C28H30N2O6S. The fourth-order valence-electron chi connectivity index (χ4n) is 4.32. The zero-order valence-electron chi connectivity index (χ0n) is 21.6. The summed E-state index contributed by atoms with van der Waals surface area (Å²) in [4.78, 5) is 32.5. The summed E-state index contributed by atoms with van der Waals surface area (Å²) >= 11 is 1.28. The molecule has 2 aromatic carbocycles. The molecule has 9 heteroatoms. The number of rotatable bonds is 9. The van der Waals surface area contributed by atoms with Crippen molar-refractivity contribution in [1.82, 2.24) is 4.57 Å². The Hall–Kier alpha value is -3.85. The normalized spacial score (nSPS) is 15.2. The van der Waals surface area contributed by atoms with Crippen molar-refractivity contribution in [1.29, 1.82) is 0 Å². The van der Waals surface area contributed by atoms with Gasteiger partial charge in [-0.15, -0.1) is 0 Å². The van der Waals surface area contributed by atoms with Gasteiger partial charge in [0.05, 0.1) is 43.7 Å². The van der Waals surface area contributed by atoms with Gasteiger partial charge in [-0.05, 0) is 55.3 Å². The molecule has 4 rings (SSSR count). The molecule has 0 aliphatic carbocycles. The topological polar surface area (TPSA) is 88.4 Å². The van der Waals surface area contributed by atoms with Crippen molar-refractivity contribution in [2.75, 3.05) is 27.9 Å². The van der Waals surface area contributed by atoms with Gasteiger partial charge >= 0.3 is 5.97 Å². The minimum absolute atomic E-state index is 0.200. The molecule has 0 fully saturated rings. The second kappa shape index (κ2) is 11.5. The number of aromatic nitrogens is 1. The highest BCUT2D eigenvalue weighted by Gasteiger charge is 2.36. The third-order valence-electron chi connectivity index (χ3n) is 6.04. The summed E-state index contributed by atoms with van der Waals surface area (Å²) in [6, 6.07) is 12.0. The Morgan fingerprint density at radius 1 is 1.03 bits per heavy atom. The molecule has 37 heavy (non-hydrogen) atoms. The van der Waals surface area contributed by atoms with Crippen LogP contribution in [-0.2, 0) is 9.53 Å². The van der Waals surface area contributed by atoms with Gasteiger partial charge in [0.15, 0.2) is 4.80 Å². The van der Waals surface area contributed by atoms with E-state index in [4.69, 9.17) is 23.9 Å². The lowest BCUT2D eigenvalue weighted by atomic mass is 9.93. The van der Waals surface area contributed by atoms with Crippen molar-refractivity contribution >= 4 is 23.4 Å². The van der Waals surface area contributed by atoms with E-state index in [1.807, 2.05) is 37.3 Å². The van der Waals surface area contributed by atoms with E-state index in [0.29, 0.717) is 44.1 Å². The van der Waals surface area contributed by atoms with Crippen LogP contribution in [0.5, 0.6) is 17.2 Å². The maximum Gasteiger partial charge on any atom is 0.338 e. The quantitative estimate of drug-likeness (QED) is 0.399. The second-order valence-corrected chi connectivity index (χ2v) is 9.30. The number of benzene rings is 2. The molecule has 0 unspecified atom stereocenters. The summed E-state index contributed by atoms with van der Waals surface area (Å²) < 4.78 is 23.9. The Bertz CT molecular complexity index is 1500. The molecule has 0 N–H and O–H groups in total. The first-order valence-corrected chi connectivity index (χ1v) is 12.8. The second-order valence-electron chi connectivity index (χ2n) is 8.29. The molecule has 0 saturated heterocycles. The van der Waals surface area contributed by atoms with Gasteiger partial charge in [0.25, 0.3) is 5.56 Å². The molecule has 1 atom stereocenters. The molecule has 1 aromatic heterocycles. The highest BCUT2D eigenvalue weighted by atomic mass is 32.1. The van der Waals surface area contributed by atoms with E-state index in [1.54, 1.807) is 51.0 Å². The Morgan fingerprint density at radius 3 is 2.35 bits per heavy atom. The third-order valence-corrected chi connectivity index (χ3v) is 7.02. The molecule has 1 aliphatic rings. The molecule has 0 saturated carbocycles. The molecule has 3 aromatic rings. The maximum absolute atomic E-state index is 13.9. The van der Waals surface area contributed by atoms with E-state index < -0.39 is 12.0 Å². The molecule has 194 valence electrons. The Balaban J connectivity index is 2.02. The van der Waals surface area contributed by atoms with Crippen LogP contribution in [0, 0.1) is 0 Å². The summed E-state index contributed by atoms with van der Waals surface area (Å²) in [6.45, 7) is 3.97. The van der Waals surface area contributed by atoms with Crippen molar-refractivity contribution in [2.24, 2.45) is 4.99 Å². The van der Waals surface area contributed by atoms with Gasteiger partial charge in [-0.25, -0.2) is 9.79 Å². The SMILES string of the molecule is CCCC1=C(C(=O)OCC)[C@H](c2cc(OC)ccc2OC)n2c(s/c(=C\c3ccc(OC)cc3)c2=O)=N1. The van der Waals surface area contributed by atoms with Crippen molar-refractivity contribution in [2.45, 2.75) is 32.7 Å². The van der Waals surface area contributed by atoms with E-state index in [2.05, 4.69) is 0 Å². The number of carbonyl (C=O) groups excluding carboxylic acids is 1. The molecule has 1 aliphatic heterocycles. The fraction of sp³-hybridized carbons (Fsp3) is 0.321. The number of fused-ring (bicyclic) bond motifs is 1. The Morgan fingerprint density at radius 2 is 1.73 bits per heavy atom. The molecule has 0 amide bonds. The standard InChI is InChI=1S/C28H30N2O6S/c1-6-8-21-24(27(32)36-7-2)25(20-16-19(34-4)13-14-22(20)35-5)30-26(31)23(37-28(30)29-21)15-17-9-11-18(33-3)12-10-17/h9-16,25H,6-8H2,1-5H3/b23-15-/t25-/m0/s1. The highest BCUT2D eigenvalue weighted by Crippen LogP contribution is 2.38. The van der Waals surface area contributed by atoms with Crippen LogP contribution in [0.2, 0.25) is 0 Å². The van der Waals surface area contributed by atoms with Crippen LogP contribution < -0.4 is 29.1 Å². The minimum atomic E-state index is -0.792. The molecule has 2 heterocycles. The number of methoxy groups -OCH3 is 3. The van der Waals surface area contributed by atoms with Crippen molar-refractivity contribution in [3.05, 3.63) is 84.5 Å². The van der Waals surface area contributed by atoms with Gasteiger partial charge in [-0.1, -0.05) is 36.8 Å². The van der Waals surface area contributed by atoms with Crippen LogP contribution in [0.3, 0.4) is 0 Å². The van der Waals surface area contributed by atoms with Gasteiger partial charge in [-0.2, -0.15) is 0 Å². The zero-order chi connectivity index (χ0) is 26.5. The Labute approximate surface area is 219 Å². The summed E-state index contributed by atoms with van der Waals surface area (Å²) in [6.07, 6.45) is 3.14. The van der Waals surface area contributed by atoms with Crippen LogP contribution >= 0.6 is 11.3 Å². The number of hydrogen-bond acceptors (Lipinski definition) is 8. The monoisotopic (exact) mass is 522 g/mol. The highest BCUT2D eigenvalue weighted by molar-refractivity contribution is 7.07. The molecule has 0 radical (unpaired) electrons. The number of thiazole rings is 1. The van der Waals surface area contributed by atoms with Crippen molar-refractivity contribution in [3.63, 3.8) is 0 Å². The molecular weight excluding hydrogens is 492 g/mol. The number of carbonyl (C=O) groups is 1. The lowest BCUT2D eigenvalue weighted by Crippen LogP contribution is -2.40. The van der Waals surface area contributed by atoms with Crippen LogP contribution in [-0.4, -0.2) is 38.5 Å². The zero-order valence-corrected chi connectivity index (χ0v) is 22.4. The Kier molecular flexibility index (Phi) is 8.13. The predicted molar refractivity (Wildman–Crippen MR) is 142 cm³/mol. The summed E-state index contributed by atoms with van der Waals surface area (Å²) in [5, 5.41) is 0.